The number of halogens is 1. The van der Waals surface area contributed by atoms with Crippen LogP contribution in [0.25, 0.3) is 22.1 Å². The van der Waals surface area contributed by atoms with Crippen molar-refractivity contribution in [2.24, 2.45) is 0 Å². The van der Waals surface area contributed by atoms with Gasteiger partial charge in [-0.15, -0.1) is 17.0 Å². The fourth-order valence-electron chi connectivity index (χ4n) is 4.76. The second-order valence-corrected chi connectivity index (χ2v) is 8.26. The number of rotatable bonds is 5. The first kappa shape index (κ1) is 20.8. The van der Waals surface area contributed by atoms with Crippen LogP contribution in [0.3, 0.4) is 0 Å². The van der Waals surface area contributed by atoms with E-state index >= 15 is 0 Å². The minimum absolute atomic E-state index is 0. The van der Waals surface area contributed by atoms with Gasteiger partial charge in [-0.05, 0) is 55.2 Å². The van der Waals surface area contributed by atoms with Crippen LogP contribution >= 0.6 is 17.0 Å². The average Bonchev–Trinajstić information content (AvgIpc) is 3.41. The Hall–Kier alpha value is -3.03. The lowest BCUT2D eigenvalue weighted by Crippen LogP contribution is -2.32. The van der Waals surface area contributed by atoms with Crippen molar-refractivity contribution in [2.45, 2.75) is 38.4 Å². The molecule has 5 aromatic rings. The van der Waals surface area contributed by atoms with Crippen LogP contribution in [0.1, 0.15) is 41.8 Å². The molecule has 0 spiro atoms. The topological polar surface area (TPSA) is 73.5 Å². The number of hydrogen-bond donors (Lipinski definition) is 2. The van der Waals surface area contributed by atoms with Crippen molar-refractivity contribution >= 4 is 39.0 Å². The molecule has 162 valence electrons. The molecule has 0 bridgehead atoms. The summed E-state index contributed by atoms with van der Waals surface area (Å²) in [6.45, 7) is 1.43. The number of pyridine rings is 1. The minimum atomic E-state index is 0. The second kappa shape index (κ2) is 8.84. The molecule has 6 nitrogen and oxygen atoms in total. The number of fused-ring (bicyclic) bond motifs is 3. The first-order valence-corrected chi connectivity index (χ1v) is 10.9. The third kappa shape index (κ3) is 3.94. The van der Waals surface area contributed by atoms with E-state index in [2.05, 4.69) is 45.2 Å². The molecule has 1 unspecified atom stereocenters. The van der Waals surface area contributed by atoms with Crippen LogP contribution in [-0.4, -0.2) is 29.8 Å². The summed E-state index contributed by atoms with van der Waals surface area (Å²) in [5, 5.41) is 0. The van der Waals surface area contributed by atoms with E-state index in [9.17, 15) is 0 Å². The maximum Gasteiger partial charge on any atom is 0.121 e. The summed E-state index contributed by atoms with van der Waals surface area (Å²) in [5.74, 6) is 1.95. The molecule has 2 N–H and O–H groups in total. The van der Waals surface area contributed by atoms with E-state index in [0.717, 1.165) is 46.6 Å². The van der Waals surface area contributed by atoms with Crippen molar-refractivity contribution in [1.29, 1.82) is 0 Å². The summed E-state index contributed by atoms with van der Waals surface area (Å²) in [6.07, 6.45) is 5.27. The number of benzene rings is 2. The Morgan fingerprint density at radius 1 is 0.812 bits per heavy atom. The fraction of sp³-hybridized carbons (Fsp3) is 0.240. The predicted octanol–water partition coefficient (Wildman–Crippen LogP) is 5.49. The quantitative estimate of drug-likeness (QED) is 0.342. The zero-order valence-corrected chi connectivity index (χ0v) is 19.4. The SMILES string of the molecule is Br.c1cnc2c(c1)CCCC2N(Cc1nc2ccccc2[nH]1)Cc1nc2ccccc2[nH]1. The summed E-state index contributed by atoms with van der Waals surface area (Å²) in [5.41, 5.74) is 6.71. The van der Waals surface area contributed by atoms with E-state index in [1.54, 1.807) is 0 Å². The molecule has 0 amide bonds. The lowest BCUT2D eigenvalue weighted by Gasteiger charge is -2.34. The Labute approximate surface area is 196 Å². The molecule has 1 aliphatic carbocycles. The first-order valence-electron chi connectivity index (χ1n) is 10.9. The Morgan fingerprint density at radius 3 is 2.06 bits per heavy atom. The van der Waals surface area contributed by atoms with Gasteiger partial charge in [0.15, 0.2) is 0 Å². The molecule has 3 aromatic heterocycles. The summed E-state index contributed by atoms with van der Waals surface area (Å²) in [6, 6.07) is 20.9. The molecule has 3 heterocycles. The normalized spacial score (nSPS) is 15.7. The van der Waals surface area contributed by atoms with Gasteiger partial charge in [-0.1, -0.05) is 30.3 Å². The number of imidazole rings is 2. The molecule has 2 aromatic carbocycles. The Morgan fingerprint density at radius 2 is 1.44 bits per heavy atom. The largest absolute Gasteiger partial charge is 0.341 e. The van der Waals surface area contributed by atoms with Crippen LogP contribution in [0.5, 0.6) is 0 Å². The molecular weight excluding hydrogens is 464 g/mol. The standard InChI is InChI=1S/C25H24N6.BrH/c1-2-10-19-18(9-1)27-23(28-19)15-31(16-24-29-20-11-3-4-12-21(20)30-24)22-13-5-7-17-8-6-14-26-25(17)22;/h1-4,6,8-12,14,22H,5,7,13,15-16H2,(H,27,28)(H,29,30);1H. The average molecular weight is 489 g/mol. The van der Waals surface area contributed by atoms with Gasteiger partial charge in [0.1, 0.15) is 11.6 Å². The highest BCUT2D eigenvalue weighted by Gasteiger charge is 2.28. The van der Waals surface area contributed by atoms with E-state index in [1.165, 1.54) is 17.7 Å². The van der Waals surface area contributed by atoms with Crippen molar-refractivity contribution in [3.8, 4) is 0 Å². The van der Waals surface area contributed by atoms with Crippen LogP contribution < -0.4 is 0 Å². The van der Waals surface area contributed by atoms with E-state index in [4.69, 9.17) is 15.0 Å². The first-order chi connectivity index (χ1) is 15.3. The predicted molar refractivity (Wildman–Crippen MR) is 132 cm³/mol. The highest BCUT2D eigenvalue weighted by Crippen LogP contribution is 2.34. The zero-order chi connectivity index (χ0) is 20.6. The van der Waals surface area contributed by atoms with Crippen molar-refractivity contribution in [1.82, 2.24) is 29.8 Å². The molecule has 1 aliphatic rings. The number of nitrogens with one attached hydrogen (secondary N) is 2. The third-order valence-corrected chi connectivity index (χ3v) is 6.19. The number of aromatic amines is 2. The Bertz CT molecular complexity index is 1210. The molecule has 0 saturated heterocycles. The number of para-hydroxylation sites is 4. The molecule has 0 fully saturated rings. The number of nitrogens with zero attached hydrogens (tertiary/aromatic N) is 4. The fourth-order valence-corrected chi connectivity index (χ4v) is 4.76. The summed E-state index contributed by atoms with van der Waals surface area (Å²) in [4.78, 5) is 23.9. The highest BCUT2D eigenvalue weighted by molar-refractivity contribution is 8.93. The number of hydrogen-bond acceptors (Lipinski definition) is 4. The molecule has 32 heavy (non-hydrogen) atoms. The van der Waals surface area contributed by atoms with Gasteiger partial charge in [0.2, 0.25) is 0 Å². The van der Waals surface area contributed by atoms with Gasteiger partial charge < -0.3 is 9.97 Å². The minimum Gasteiger partial charge on any atom is -0.341 e. The number of aryl methyl sites for hydroxylation is 1. The molecule has 1 atom stereocenters. The van der Waals surface area contributed by atoms with Gasteiger partial charge in [-0.3, -0.25) is 9.88 Å². The third-order valence-electron chi connectivity index (χ3n) is 6.19. The van der Waals surface area contributed by atoms with E-state index < -0.39 is 0 Å². The van der Waals surface area contributed by atoms with Gasteiger partial charge in [-0.25, -0.2) is 9.97 Å². The van der Waals surface area contributed by atoms with Gasteiger partial charge in [0.05, 0.1) is 46.9 Å². The number of H-pyrrole nitrogens is 2. The molecular formula is C25H25BrN6. The van der Waals surface area contributed by atoms with Crippen LogP contribution in [0.2, 0.25) is 0 Å². The maximum absolute atomic E-state index is 4.84. The molecule has 6 rings (SSSR count). The summed E-state index contributed by atoms with van der Waals surface area (Å²) >= 11 is 0. The molecule has 0 radical (unpaired) electrons. The van der Waals surface area contributed by atoms with E-state index in [-0.39, 0.29) is 23.0 Å². The molecule has 0 aliphatic heterocycles. The molecule has 0 saturated carbocycles. The van der Waals surface area contributed by atoms with Crippen molar-refractivity contribution in [2.75, 3.05) is 0 Å². The maximum atomic E-state index is 4.84. The van der Waals surface area contributed by atoms with Gasteiger partial charge in [-0.2, -0.15) is 0 Å². The van der Waals surface area contributed by atoms with E-state index in [0.29, 0.717) is 13.1 Å². The van der Waals surface area contributed by atoms with Crippen molar-refractivity contribution < 1.29 is 0 Å². The van der Waals surface area contributed by atoms with Gasteiger partial charge in [0, 0.05) is 6.20 Å². The Kier molecular flexibility index (Phi) is 5.76. The second-order valence-electron chi connectivity index (χ2n) is 8.26. The zero-order valence-electron chi connectivity index (χ0n) is 17.7. The van der Waals surface area contributed by atoms with Crippen LogP contribution in [0.4, 0.5) is 0 Å². The van der Waals surface area contributed by atoms with Crippen molar-refractivity contribution in [3.63, 3.8) is 0 Å². The van der Waals surface area contributed by atoms with Crippen LogP contribution in [-0.2, 0) is 19.5 Å². The van der Waals surface area contributed by atoms with Crippen molar-refractivity contribution in [3.05, 3.63) is 89.8 Å². The Balaban J connectivity index is 0.00000216. The lowest BCUT2D eigenvalue weighted by atomic mass is 9.90. The van der Waals surface area contributed by atoms with Crippen LogP contribution in [0, 0.1) is 0 Å². The summed E-state index contributed by atoms with van der Waals surface area (Å²) < 4.78 is 0. The summed E-state index contributed by atoms with van der Waals surface area (Å²) in [7, 11) is 0. The number of aromatic nitrogens is 5. The molecule has 7 heteroatoms. The van der Waals surface area contributed by atoms with Gasteiger partial charge in [0.25, 0.3) is 0 Å². The smallest absolute Gasteiger partial charge is 0.121 e. The lowest BCUT2D eigenvalue weighted by molar-refractivity contribution is 0.150. The highest BCUT2D eigenvalue weighted by atomic mass is 79.9. The van der Waals surface area contributed by atoms with Gasteiger partial charge >= 0.3 is 0 Å². The monoisotopic (exact) mass is 488 g/mol. The van der Waals surface area contributed by atoms with Crippen LogP contribution in [0.15, 0.2) is 66.9 Å². The van der Waals surface area contributed by atoms with E-state index in [1.807, 2.05) is 36.5 Å².